The number of amides is 3. The van der Waals surface area contributed by atoms with Gasteiger partial charge in [-0.1, -0.05) is 23.1 Å². The Balaban J connectivity index is 1.30. The third kappa shape index (κ3) is 4.84. The summed E-state index contributed by atoms with van der Waals surface area (Å²) in [5.41, 5.74) is 0.991. The van der Waals surface area contributed by atoms with Gasteiger partial charge in [0.15, 0.2) is 0 Å². The van der Waals surface area contributed by atoms with Crippen LogP contribution in [0.15, 0.2) is 81.2 Å². The largest absolute Gasteiger partial charge is 0.469 e. The maximum atomic E-state index is 13.7. The minimum atomic E-state index is -0.899. The number of thiazole rings is 1. The molecule has 3 atom stereocenters. The molecule has 6 rings (SSSR count). The van der Waals surface area contributed by atoms with Crippen LogP contribution in [-0.4, -0.2) is 40.1 Å². The van der Waals surface area contributed by atoms with Crippen molar-refractivity contribution in [3.05, 3.63) is 98.6 Å². The van der Waals surface area contributed by atoms with E-state index in [-0.39, 0.29) is 18.8 Å². The highest BCUT2D eigenvalue weighted by atomic mass is 32.2. The monoisotopic (exact) mass is 607 g/mol. The lowest BCUT2D eigenvalue weighted by molar-refractivity contribution is -0.122. The molecule has 2 aliphatic rings. The van der Waals surface area contributed by atoms with Gasteiger partial charge in [-0.15, -0.1) is 0 Å². The number of halogens is 1. The van der Waals surface area contributed by atoms with Gasteiger partial charge in [-0.3, -0.25) is 23.7 Å². The quantitative estimate of drug-likeness (QED) is 0.244. The standard InChI is InChI=1S/C29H22FN3O7S2/c1-2-39-28(37)15-5-9-17(10-6-15)31-20(34)14-32-27-24(42-29(32)38)21(19-4-3-13-40-19)22-23(41-27)26(36)33(25(22)35)18-11-7-16(30)8-12-18/h3-13,21-23H,2,14H2,1H3,(H,31,34)/t21-,22?,23?/m1/s1. The highest BCUT2D eigenvalue weighted by Gasteiger charge is 2.57. The van der Waals surface area contributed by atoms with Crippen molar-refractivity contribution in [1.29, 1.82) is 0 Å². The zero-order valence-corrected chi connectivity index (χ0v) is 23.6. The molecule has 2 unspecified atom stereocenters. The number of aromatic nitrogens is 1. The summed E-state index contributed by atoms with van der Waals surface area (Å²) in [6.07, 6.45) is 1.45. The fraction of sp³-hybridized carbons (Fsp3) is 0.207. The zero-order valence-electron chi connectivity index (χ0n) is 21.9. The van der Waals surface area contributed by atoms with Crippen LogP contribution >= 0.6 is 23.1 Å². The van der Waals surface area contributed by atoms with Crippen LogP contribution in [0.5, 0.6) is 0 Å². The molecule has 0 aliphatic carbocycles. The minimum Gasteiger partial charge on any atom is -0.469 e. The molecule has 214 valence electrons. The first-order chi connectivity index (χ1) is 20.3. The lowest BCUT2D eigenvalue weighted by atomic mass is 9.87. The lowest BCUT2D eigenvalue weighted by Crippen LogP contribution is -2.32. The average Bonchev–Trinajstić information content (AvgIpc) is 3.67. The van der Waals surface area contributed by atoms with Crippen molar-refractivity contribution >= 4 is 58.2 Å². The molecule has 2 aliphatic heterocycles. The van der Waals surface area contributed by atoms with Crippen LogP contribution in [0.25, 0.3) is 0 Å². The highest BCUT2D eigenvalue weighted by molar-refractivity contribution is 8.00. The van der Waals surface area contributed by atoms with Gasteiger partial charge in [-0.2, -0.15) is 0 Å². The van der Waals surface area contributed by atoms with Crippen molar-refractivity contribution in [3.8, 4) is 0 Å². The second kappa shape index (κ2) is 11.1. The first-order valence-corrected chi connectivity index (χ1v) is 14.6. The van der Waals surface area contributed by atoms with Crippen molar-refractivity contribution in [1.82, 2.24) is 4.57 Å². The molecule has 3 amide bonds. The fourth-order valence-electron chi connectivity index (χ4n) is 5.12. The SMILES string of the molecule is CCOC(=O)c1ccc(NC(=O)Cn2c3c(sc2=O)[C@H](c2ccco2)C2C(=O)N(c4ccc(F)cc4)C(=O)C2S3)cc1. The van der Waals surface area contributed by atoms with Crippen LogP contribution in [0.1, 0.15) is 33.8 Å². The first kappa shape index (κ1) is 27.7. The van der Waals surface area contributed by atoms with Gasteiger partial charge >= 0.3 is 10.8 Å². The van der Waals surface area contributed by atoms with Gasteiger partial charge in [-0.05, 0) is 67.6 Å². The van der Waals surface area contributed by atoms with Gasteiger partial charge in [0, 0.05) is 5.69 Å². The van der Waals surface area contributed by atoms with Gasteiger partial charge < -0.3 is 14.5 Å². The van der Waals surface area contributed by atoms with E-state index in [1.54, 1.807) is 31.2 Å². The molecular weight excluding hydrogens is 585 g/mol. The number of esters is 1. The molecular formula is C29H22FN3O7S2. The van der Waals surface area contributed by atoms with E-state index >= 15 is 0 Å². The number of thioether (sulfide) groups is 1. The number of nitrogens with zero attached hydrogens (tertiary/aromatic N) is 2. The summed E-state index contributed by atoms with van der Waals surface area (Å²) in [5, 5.41) is 2.22. The molecule has 0 bridgehead atoms. The number of hydrogen-bond donors (Lipinski definition) is 1. The molecule has 4 aromatic rings. The van der Waals surface area contributed by atoms with Gasteiger partial charge in [0.05, 0.1) is 45.9 Å². The highest BCUT2D eigenvalue weighted by Crippen LogP contribution is 2.53. The Kier molecular flexibility index (Phi) is 7.29. The number of benzene rings is 2. The van der Waals surface area contributed by atoms with E-state index < -0.39 is 51.5 Å². The number of imide groups is 1. The van der Waals surface area contributed by atoms with E-state index in [0.29, 0.717) is 26.9 Å². The number of anilines is 2. The van der Waals surface area contributed by atoms with Crippen molar-refractivity contribution in [2.75, 3.05) is 16.8 Å². The molecule has 0 spiro atoms. The molecule has 2 aromatic heterocycles. The van der Waals surface area contributed by atoms with Crippen molar-refractivity contribution < 1.29 is 32.7 Å². The Morgan fingerprint density at radius 3 is 2.43 bits per heavy atom. The fourth-order valence-corrected chi connectivity index (χ4v) is 7.88. The predicted octanol–water partition coefficient (Wildman–Crippen LogP) is 4.25. The molecule has 1 saturated heterocycles. The summed E-state index contributed by atoms with van der Waals surface area (Å²) >= 11 is 1.96. The third-order valence-electron chi connectivity index (χ3n) is 6.97. The predicted molar refractivity (Wildman–Crippen MR) is 152 cm³/mol. The topological polar surface area (TPSA) is 128 Å². The van der Waals surface area contributed by atoms with E-state index in [1.165, 1.54) is 47.2 Å². The van der Waals surface area contributed by atoms with Crippen molar-refractivity contribution in [2.24, 2.45) is 5.92 Å². The maximum Gasteiger partial charge on any atom is 0.338 e. The van der Waals surface area contributed by atoms with Crippen LogP contribution in [0.2, 0.25) is 0 Å². The molecule has 2 aromatic carbocycles. The van der Waals surface area contributed by atoms with Crippen molar-refractivity contribution in [2.45, 2.75) is 29.7 Å². The summed E-state index contributed by atoms with van der Waals surface area (Å²) in [4.78, 5) is 66.6. The molecule has 0 saturated carbocycles. The van der Waals surface area contributed by atoms with Gasteiger partial charge in [0.2, 0.25) is 17.7 Å². The van der Waals surface area contributed by atoms with Gasteiger partial charge in [0.1, 0.15) is 23.4 Å². The Morgan fingerprint density at radius 1 is 1.02 bits per heavy atom. The number of carbonyl (C=O) groups excluding carboxylic acids is 4. The van der Waals surface area contributed by atoms with E-state index in [4.69, 9.17) is 9.15 Å². The first-order valence-electron chi connectivity index (χ1n) is 12.9. The zero-order chi connectivity index (χ0) is 29.5. The van der Waals surface area contributed by atoms with Crippen LogP contribution in [0.3, 0.4) is 0 Å². The van der Waals surface area contributed by atoms with Gasteiger partial charge in [0.25, 0.3) is 0 Å². The van der Waals surface area contributed by atoms with E-state index in [9.17, 15) is 28.4 Å². The Morgan fingerprint density at radius 2 is 1.76 bits per heavy atom. The number of hydrogen-bond acceptors (Lipinski definition) is 9. The van der Waals surface area contributed by atoms with Crippen LogP contribution < -0.4 is 15.1 Å². The Labute approximate surface area is 246 Å². The van der Waals surface area contributed by atoms with E-state index in [0.717, 1.165) is 28.0 Å². The number of rotatable bonds is 7. The van der Waals surface area contributed by atoms with Crippen LogP contribution in [-0.2, 0) is 25.7 Å². The Bertz CT molecular complexity index is 1750. The lowest BCUT2D eigenvalue weighted by Gasteiger charge is -2.29. The summed E-state index contributed by atoms with van der Waals surface area (Å²) in [5.74, 6) is -3.66. The number of furan rings is 1. The molecule has 1 N–H and O–H groups in total. The molecule has 0 radical (unpaired) electrons. The third-order valence-corrected chi connectivity index (χ3v) is 9.57. The van der Waals surface area contributed by atoms with Crippen LogP contribution in [0.4, 0.5) is 15.8 Å². The summed E-state index contributed by atoms with van der Waals surface area (Å²) < 4.78 is 25.5. The van der Waals surface area contributed by atoms with E-state index in [2.05, 4.69) is 5.32 Å². The summed E-state index contributed by atoms with van der Waals surface area (Å²) in [7, 11) is 0. The van der Waals surface area contributed by atoms with Crippen molar-refractivity contribution in [3.63, 3.8) is 0 Å². The second-order valence-electron chi connectivity index (χ2n) is 9.52. The molecule has 1 fully saturated rings. The number of fused-ring (bicyclic) bond motifs is 2. The number of ether oxygens (including phenoxy) is 1. The smallest absolute Gasteiger partial charge is 0.338 e. The van der Waals surface area contributed by atoms with Crippen LogP contribution in [0, 0.1) is 11.7 Å². The van der Waals surface area contributed by atoms with Gasteiger partial charge in [-0.25, -0.2) is 14.1 Å². The van der Waals surface area contributed by atoms with E-state index in [1.807, 2.05) is 0 Å². The molecule has 10 nitrogen and oxygen atoms in total. The maximum absolute atomic E-state index is 13.7. The average molecular weight is 608 g/mol. The normalized spacial score (nSPS) is 19.4. The molecule has 42 heavy (non-hydrogen) atoms. The molecule has 13 heteroatoms. The Hall–Kier alpha value is -4.49. The summed E-state index contributed by atoms with van der Waals surface area (Å²) in [6, 6.07) is 14.6. The molecule has 4 heterocycles. The number of nitrogens with one attached hydrogen (secondary N) is 1. The number of carbonyl (C=O) groups is 4. The minimum absolute atomic E-state index is 0.238. The summed E-state index contributed by atoms with van der Waals surface area (Å²) in [6.45, 7) is 1.60. The second-order valence-corrected chi connectivity index (χ2v) is 11.6.